The average Bonchev–Trinajstić information content (AvgIpc) is 2.77. The minimum atomic E-state index is -0.994. The minimum absolute atomic E-state index is 0.172. The number of halogens is 2. The smallest absolute Gasteiger partial charge is 0.312 e. The van der Waals surface area contributed by atoms with Crippen molar-refractivity contribution in [2.45, 2.75) is 12.8 Å². The molecule has 0 amide bonds. The zero-order valence-corrected chi connectivity index (χ0v) is 10.2. The van der Waals surface area contributed by atoms with Crippen LogP contribution in [0.5, 0.6) is 0 Å². The molecular weight excluding hydrogens is 260 g/mol. The van der Waals surface area contributed by atoms with E-state index in [9.17, 15) is 13.6 Å². The summed E-state index contributed by atoms with van der Waals surface area (Å²) in [6.45, 7) is 1.50. The fourth-order valence-electron chi connectivity index (χ4n) is 1.40. The molecule has 2 aromatic rings. The summed E-state index contributed by atoms with van der Waals surface area (Å²) < 4.78 is 26.3. The Morgan fingerprint density at radius 3 is 2.78 bits per heavy atom. The molecule has 0 fully saturated rings. The van der Waals surface area contributed by atoms with Crippen LogP contribution in [-0.4, -0.2) is 16.1 Å². The zero-order chi connectivity index (χ0) is 13.3. The molecule has 0 aliphatic carbocycles. The van der Waals surface area contributed by atoms with Gasteiger partial charge in [0.05, 0.1) is 11.6 Å². The number of thiazole rings is 1. The minimum Gasteiger partial charge on any atom is -0.481 e. The molecule has 2 rings (SSSR count). The van der Waals surface area contributed by atoms with Crippen LogP contribution in [0.2, 0.25) is 0 Å². The molecule has 1 aromatic heterocycles. The number of nitrogens with zero attached hydrogens (tertiary/aromatic N) is 1. The van der Waals surface area contributed by atoms with Crippen LogP contribution in [0.25, 0.3) is 10.6 Å². The van der Waals surface area contributed by atoms with Gasteiger partial charge in [0.15, 0.2) is 0 Å². The number of carboxylic acid groups (broad SMARTS) is 1. The lowest BCUT2D eigenvalue weighted by atomic mass is 10.1. The monoisotopic (exact) mass is 269 g/mol. The second kappa shape index (κ2) is 4.81. The fraction of sp³-hybridized carbons (Fsp3) is 0.167. The first-order chi connectivity index (χ1) is 8.49. The van der Waals surface area contributed by atoms with Crippen molar-refractivity contribution in [3.63, 3.8) is 0 Å². The molecule has 0 radical (unpaired) electrons. The van der Waals surface area contributed by atoms with Crippen LogP contribution in [-0.2, 0) is 4.79 Å². The lowest BCUT2D eigenvalue weighted by Crippen LogP contribution is -2.07. The summed E-state index contributed by atoms with van der Waals surface area (Å²) in [6, 6.07) is 3.20. The molecular formula is C12H9F2NO2S. The number of hydrogen-bond acceptors (Lipinski definition) is 3. The van der Waals surface area contributed by atoms with Crippen LogP contribution < -0.4 is 0 Å². The lowest BCUT2D eigenvalue weighted by Gasteiger charge is -2.01. The Morgan fingerprint density at radius 2 is 2.17 bits per heavy atom. The van der Waals surface area contributed by atoms with Crippen molar-refractivity contribution in [1.29, 1.82) is 0 Å². The quantitative estimate of drug-likeness (QED) is 0.930. The predicted molar refractivity (Wildman–Crippen MR) is 63.5 cm³/mol. The summed E-state index contributed by atoms with van der Waals surface area (Å²) in [5.74, 6) is -3.12. The van der Waals surface area contributed by atoms with E-state index >= 15 is 0 Å². The van der Waals surface area contributed by atoms with Gasteiger partial charge < -0.3 is 5.11 Å². The van der Waals surface area contributed by atoms with Gasteiger partial charge in [0.25, 0.3) is 0 Å². The number of hydrogen-bond donors (Lipinski definition) is 1. The van der Waals surface area contributed by atoms with Gasteiger partial charge in [-0.25, -0.2) is 13.8 Å². The number of aromatic nitrogens is 1. The summed E-state index contributed by atoms with van der Waals surface area (Å²) in [4.78, 5) is 14.9. The molecule has 0 aliphatic rings. The Bertz CT molecular complexity index is 598. The van der Waals surface area contributed by atoms with Gasteiger partial charge in [-0.15, -0.1) is 11.3 Å². The van der Waals surface area contributed by atoms with Crippen molar-refractivity contribution in [2.75, 3.05) is 0 Å². The summed E-state index contributed by atoms with van der Waals surface area (Å²) >= 11 is 1.13. The lowest BCUT2D eigenvalue weighted by molar-refractivity contribution is -0.138. The van der Waals surface area contributed by atoms with Gasteiger partial charge in [-0.1, -0.05) is 0 Å². The molecule has 0 aliphatic heterocycles. The standard InChI is InChI=1S/C12H9F2NO2S/c1-6(12(16)17)10-5-18-11(15-10)8-3-2-7(13)4-9(8)14/h2-6H,1H3,(H,16,17). The third-order valence-corrected chi connectivity index (χ3v) is 3.39. The highest BCUT2D eigenvalue weighted by Crippen LogP contribution is 2.29. The van der Waals surface area contributed by atoms with Gasteiger partial charge in [-0.3, -0.25) is 4.79 Å². The Kier molecular flexibility index (Phi) is 3.38. The maximum atomic E-state index is 13.5. The number of aliphatic carboxylic acids is 1. The van der Waals surface area contributed by atoms with Gasteiger partial charge in [0.2, 0.25) is 0 Å². The molecule has 1 N–H and O–H groups in total. The molecule has 3 nitrogen and oxygen atoms in total. The van der Waals surface area contributed by atoms with Gasteiger partial charge in [-0.2, -0.15) is 0 Å². The number of carboxylic acids is 1. The molecule has 1 heterocycles. The summed E-state index contributed by atoms with van der Waals surface area (Å²) in [5.41, 5.74) is 0.538. The normalized spacial score (nSPS) is 12.4. The Balaban J connectivity index is 2.38. The summed E-state index contributed by atoms with van der Waals surface area (Å²) in [6.07, 6.45) is 0. The maximum Gasteiger partial charge on any atom is 0.312 e. The Morgan fingerprint density at radius 1 is 1.44 bits per heavy atom. The Labute approximate surface area is 106 Å². The van der Waals surface area contributed by atoms with Crippen LogP contribution in [0.3, 0.4) is 0 Å². The molecule has 1 aromatic carbocycles. The topological polar surface area (TPSA) is 50.2 Å². The van der Waals surface area contributed by atoms with Crippen molar-refractivity contribution >= 4 is 17.3 Å². The van der Waals surface area contributed by atoms with Crippen molar-refractivity contribution in [1.82, 2.24) is 4.98 Å². The molecule has 0 saturated carbocycles. The predicted octanol–water partition coefficient (Wildman–Crippen LogP) is 3.28. The first-order valence-corrected chi connectivity index (χ1v) is 6.00. The summed E-state index contributed by atoms with van der Waals surface area (Å²) in [7, 11) is 0. The molecule has 0 spiro atoms. The van der Waals surface area contributed by atoms with Crippen LogP contribution in [0.1, 0.15) is 18.5 Å². The van der Waals surface area contributed by atoms with E-state index in [1.807, 2.05) is 0 Å². The van der Waals surface area contributed by atoms with Gasteiger partial charge in [0, 0.05) is 17.0 Å². The second-order valence-corrected chi connectivity index (χ2v) is 4.62. The third kappa shape index (κ3) is 2.38. The van der Waals surface area contributed by atoms with Gasteiger partial charge >= 0.3 is 5.97 Å². The maximum absolute atomic E-state index is 13.5. The van der Waals surface area contributed by atoms with E-state index < -0.39 is 23.5 Å². The van der Waals surface area contributed by atoms with Gasteiger partial charge in [0.1, 0.15) is 16.6 Å². The fourth-order valence-corrected chi connectivity index (χ4v) is 2.34. The first-order valence-electron chi connectivity index (χ1n) is 5.12. The van der Waals surface area contributed by atoms with Crippen molar-refractivity contribution in [3.8, 4) is 10.6 Å². The summed E-state index contributed by atoms with van der Waals surface area (Å²) in [5, 5.41) is 10.8. The van der Waals surface area contributed by atoms with Crippen molar-refractivity contribution < 1.29 is 18.7 Å². The number of benzene rings is 1. The van der Waals surface area contributed by atoms with Gasteiger partial charge in [-0.05, 0) is 19.1 Å². The first kappa shape index (κ1) is 12.6. The molecule has 18 heavy (non-hydrogen) atoms. The van der Waals surface area contributed by atoms with E-state index in [2.05, 4.69) is 4.98 Å². The van der Waals surface area contributed by atoms with E-state index in [0.29, 0.717) is 10.7 Å². The molecule has 6 heteroatoms. The van der Waals surface area contributed by atoms with E-state index in [-0.39, 0.29) is 5.56 Å². The molecule has 0 bridgehead atoms. The van der Waals surface area contributed by atoms with Crippen molar-refractivity contribution in [2.24, 2.45) is 0 Å². The third-order valence-electron chi connectivity index (χ3n) is 2.50. The average molecular weight is 269 g/mol. The second-order valence-electron chi connectivity index (χ2n) is 3.76. The highest BCUT2D eigenvalue weighted by molar-refractivity contribution is 7.13. The number of carbonyl (C=O) groups is 1. The highest BCUT2D eigenvalue weighted by atomic mass is 32.1. The van der Waals surface area contributed by atoms with E-state index in [0.717, 1.165) is 23.5 Å². The molecule has 94 valence electrons. The highest BCUT2D eigenvalue weighted by Gasteiger charge is 2.18. The van der Waals surface area contributed by atoms with Crippen LogP contribution >= 0.6 is 11.3 Å². The largest absolute Gasteiger partial charge is 0.481 e. The SMILES string of the molecule is CC(C(=O)O)c1csc(-c2ccc(F)cc2F)n1. The zero-order valence-electron chi connectivity index (χ0n) is 9.35. The van der Waals surface area contributed by atoms with Crippen LogP contribution in [0.15, 0.2) is 23.6 Å². The van der Waals surface area contributed by atoms with Crippen molar-refractivity contribution in [3.05, 3.63) is 40.9 Å². The molecule has 1 atom stereocenters. The van der Waals surface area contributed by atoms with E-state index in [4.69, 9.17) is 5.11 Å². The van der Waals surface area contributed by atoms with Crippen LogP contribution in [0, 0.1) is 11.6 Å². The number of rotatable bonds is 3. The molecule has 1 unspecified atom stereocenters. The Hall–Kier alpha value is -1.82. The van der Waals surface area contributed by atoms with E-state index in [1.165, 1.54) is 13.0 Å². The van der Waals surface area contributed by atoms with Crippen LogP contribution in [0.4, 0.5) is 8.78 Å². The molecule has 0 saturated heterocycles. The van der Waals surface area contributed by atoms with E-state index in [1.54, 1.807) is 5.38 Å².